The molecule has 3 aromatic rings. The molecular formula is C27H21ClN2O4. The van der Waals surface area contributed by atoms with Crippen molar-refractivity contribution in [2.75, 3.05) is 18.1 Å². The Balaban J connectivity index is 1.60. The quantitative estimate of drug-likeness (QED) is 0.206. The Morgan fingerprint density at radius 1 is 1.09 bits per heavy atom. The number of carbonyl (C=O) groups is 2. The molecule has 170 valence electrons. The van der Waals surface area contributed by atoms with Gasteiger partial charge in [0.15, 0.2) is 11.5 Å². The lowest BCUT2D eigenvalue weighted by molar-refractivity contribution is -0.114. The first kappa shape index (κ1) is 23.1. The predicted molar refractivity (Wildman–Crippen MR) is 130 cm³/mol. The van der Waals surface area contributed by atoms with Crippen molar-refractivity contribution in [1.82, 2.24) is 0 Å². The Bertz CT molecular complexity index is 1330. The molecule has 0 aliphatic carbocycles. The summed E-state index contributed by atoms with van der Waals surface area (Å²) in [4.78, 5) is 27.3. The molecule has 0 radical (unpaired) electrons. The second kappa shape index (κ2) is 10.2. The van der Waals surface area contributed by atoms with Gasteiger partial charge in [0.05, 0.1) is 17.2 Å². The van der Waals surface area contributed by atoms with Gasteiger partial charge < -0.3 is 14.4 Å². The standard InChI is InChI=1S/C27H21ClN2O4/c1-2-33-25-16-18(11-12-24(25)34-27(32)21-8-4-5-9-22(21)28)15-20(17-29)26(31)30-14-13-19-7-3-6-10-23(19)30/h3-12,15-16H,2,13-14H2,1H3. The average Bonchev–Trinajstić information content (AvgIpc) is 3.28. The molecule has 7 heteroatoms. The van der Waals surface area contributed by atoms with Crippen molar-refractivity contribution in [3.05, 3.63) is 94.0 Å². The molecule has 0 atom stereocenters. The smallest absolute Gasteiger partial charge is 0.345 e. The first-order valence-corrected chi connectivity index (χ1v) is 11.1. The first-order chi connectivity index (χ1) is 16.5. The zero-order valence-corrected chi connectivity index (χ0v) is 19.2. The number of carbonyl (C=O) groups excluding carboxylic acids is 2. The second-order valence-corrected chi connectivity index (χ2v) is 7.92. The molecule has 0 unspecified atom stereocenters. The summed E-state index contributed by atoms with van der Waals surface area (Å²) in [6.45, 7) is 2.66. The number of esters is 1. The number of para-hydroxylation sites is 1. The van der Waals surface area contributed by atoms with Crippen LogP contribution in [-0.4, -0.2) is 25.0 Å². The first-order valence-electron chi connectivity index (χ1n) is 10.8. The van der Waals surface area contributed by atoms with Crippen molar-refractivity contribution in [3.8, 4) is 17.6 Å². The van der Waals surface area contributed by atoms with Gasteiger partial charge in [0, 0.05) is 12.2 Å². The maximum atomic E-state index is 13.1. The number of hydrogen-bond acceptors (Lipinski definition) is 5. The van der Waals surface area contributed by atoms with Crippen LogP contribution in [0, 0.1) is 11.3 Å². The minimum atomic E-state index is -0.615. The Morgan fingerprint density at radius 2 is 1.85 bits per heavy atom. The Kier molecular flexibility index (Phi) is 6.95. The highest BCUT2D eigenvalue weighted by molar-refractivity contribution is 6.33. The lowest BCUT2D eigenvalue weighted by Crippen LogP contribution is -2.29. The molecule has 0 aromatic heterocycles. The highest BCUT2D eigenvalue weighted by Gasteiger charge is 2.26. The third kappa shape index (κ3) is 4.80. The Morgan fingerprint density at radius 3 is 2.62 bits per heavy atom. The number of benzene rings is 3. The zero-order valence-electron chi connectivity index (χ0n) is 18.5. The van der Waals surface area contributed by atoms with E-state index in [9.17, 15) is 14.9 Å². The van der Waals surface area contributed by atoms with Crippen molar-refractivity contribution in [3.63, 3.8) is 0 Å². The van der Waals surface area contributed by atoms with Crippen LogP contribution in [0.15, 0.2) is 72.3 Å². The summed E-state index contributed by atoms with van der Waals surface area (Å²) in [6.07, 6.45) is 2.26. The summed E-state index contributed by atoms with van der Waals surface area (Å²) in [6, 6.07) is 21.1. The summed E-state index contributed by atoms with van der Waals surface area (Å²) in [5.74, 6) is -0.454. The van der Waals surface area contributed by atoms with Gasteiger partial charge in [0.25, 0.3) is 5.91 Å². The fraction of sp³-hybridized carbons (Fsp3) is 0.148. The van der Waals surface area contributed by atoms with Gasteiger partial charge in [0.2, 0.25) is 0 Å². The number of halogens is 1. The van der Waals surface area contributed by atoms with E-state index < -0.39 is 5.97 Å². The molecule has 0 spiro atoms. The maximum absolute atomic E-state index is 13.1. The van der Waals surface area contributed by atoms with Gasteiger partial charge >= 0.3 is 5.97 Å². The summed E-state index contributed by atoms with van der Waals surface area (Å²) in [7, 11) is 0. The van der Waals surface area contributed by atoms with E-state index in [0.717, 1.165) is 17.7 Å². The maximum Gasteiger partial charge on any atom is 0.345 e. The molecule has 0 N–H and O–H groups in total. The SMILES string of the molecule is CCOc1cc(C=C(C#N)C(=O)N2CCc3ccccc32)ccc1OC(=O)c1ccccc1Cl. The molecule has 4 rings (SSSR count). The lowest BCUT2D eigenvalue weighted by Gasteiger charge is -2.17. The average molecular weight is 473 g/mol. The monoisotopic (exact) mass is 472 g/mol. The van der Waals surface area contributed by atoms with Gasteiger partial charge in [-0.15, -0.1) is 0 Å². The number of ether oxygens (including phenoxy) is 2. The van der Waals surface area contributed by atoms with Gasteiger partial charge in [-0.2, -0.15) is 5.26 Å². The number of nitrogens with zero attached hydrogens (tertiary/aromatic N) is 2. The van der Waals surface area contributed by atoms with E-state index in [1.807, 2.05) is 30.3 Å². The van der Waals surface area contributed by atoms with Crippen LogP contribution in [0.4, 0.5) is 5.69 Å². The topological polar surface area (TPSA) is 79.6 Å². The molecule has 6 nitrogen and oxygen atoms in total. The van der Waals surface area contributed by atoms with E-state index in [-0.39, 0.29) is 27.8 Å². The van der Waals surface area contributed by atoms with E-state index in [4.69, 9.17) is 21.1 Å². The molecule has 34 heavy (non-hydrogen) atoms. The number of hydrogen-bond donors (Lipinski definition) is 0. The van der Waals surface area contributed by atoms with Gasteiger partial charge in [-0.05, 0) is 60.9 Å². The van der Waals surface area contributed by atoms with E-state index in [1.165, 1.54) is 6.08 Å². The minimum absolute atomic E-state index is 0.0000336. The second-order valence-electron chi connectivity index (χ2n) is 7.51. The molecule has 1 amide bonds. The molecule has 3 aromatic carbocycles. The van der Waals surface area contributed by atoms with Crippen LogP contribution < -0.4 is 14.4 Å². The van der Waals surface area contributed by atoms with Gasteiger partial charge in [0.1, 0.15) is 11.6 Å². The fourth-order valence-corrected chi connectivity index (χ4v) is 3.96. The normalized spacial score (nSPS) is 12.6. The minimum Gasteiger partial charge on any atom is -0.490 e. The van der Waals surface area contributed by atoms with Crippen molar-refractivity contribution in [2.24, 2.45) is 0 Å². The zero-order chi connectivity index (χ0) is 24.1. The molecule has 1 heterocycles. The van der Waals surface area contributed by atoms with Crippen molar-refractivity contribution in [1.29, 1.82) is 5.26 Å². The van der Waals surface area contributed by atoms with Gasteiger partial charge in [-0.25, -0.2) is 4.79 Å². The molecule has 0 fully saturated rings. The van der Waals surface area contributed by atoms with E-state index >= 15 is 0 Å². The molecule has 1 aliphatic heterocycles. The summed E-state index contributed by atoms with van der Waals surface area (Å²) >= 11 is 6.09. The van der Waals surface area contributed by atoms with Crippen LogP contribution in [0.2, 0.25) is 5.02 Å². The van der Waals surface area contributed by atoms with Crippen LogP contribution >= 0.6 is 11.6 Å². The van der Waals surface area contributed by atoms with Gasteiger partial charge in [-0.1, -0.05) is 48.0 Å². The van der Waals surface area contributed by atoms with Crippen LogP contribution in [0.1, 0.15) is 28.4 Å². The molecule has 0 bridgehead atoms. The van der Waals surface area contributed by atoms with Crippen molar-refractivity contribution in [2.45, 2.75) is 13.3 Å². The number of nitriles is 1. The summed E-state index contributed by atoms with van der Waals surface area (Å²) in [5.41, 5.74) is 2.71. The number of rotatable bonds is 6. The van der Waals surface area contributed by atoms with E-state index in [0.29, 0.717) is 24.5 Å². The molecule has 1 aliphatic rings. The molecular weight excluding hydrogens is 452 g/mol. The Hall–Kier alpha value is -4.08. The van der Waals surface area contributed by atoms with Gasteiger partial charge in [-0.3, -0.25) is 4.79 Å². The number of amides is 1. The highest BCUT2D eigenvalue weighted by Crippen LogP contribution is 2.32. The summed E-state index contributed by atoms with van der Waals surface area (Å²) < 4.78 is 11.2. The third-order valence-electron chi connectivity index (χ3n) is 5.36. The fourth-order valence-electron chi connectivity index (χ4n) is 3.75. The lowest BCUT2D eigenvalue weighted by atomic mass is 10.1. The number of anilines is 1. The third-order valence-corrected chi connectivity index (χ3v) is 5.69. The predicted octanol–water partition coefficient (Wildman–Crippen LogP) is 5.45. The summed E-state index contributed by atoms with van der Waals surface area (Å²) in [5, 5.41) is 9.97. The van der Waals surface area contributed by atoms with Crippen molar-refractivity contribution < 1.29 is 19.1 Å². The molecule has 0 saturated heterocycles. The van der Waals surface area contributed by atoms with E-state index in [1.54, 1.807) is 54.3 Å². The largest absolute Gasteiger partial charge is 0.490 e. The van der Waals surface area contributed by atoms with Crippen LogP contribution in [0.3, 0.4) is 0 Å². The number of fused-ring (bicyclic) bond motifs is 1. The van der Waals surface area contributed by atoms with Crippen molar-refractivity contribution >= 4 is 35.2 Å². The Labute approximate surface area is 202 Å². The molecule has 0 saturated carbocycles. The van der Waals surface area contributed by atoms with Crippen LogP contribution in [-0.2, 0) is 11.2 Å². The van der Waals surface area contributed by atoms with Crippen LogP contribution in [0.5, 0.6) is 11.5 Å². The highest BCUT2D eigenvalue weighted by atomic mass is 35.5. The van der Waals surface area contributed by atoms with Crippen LogP contribution in [0.25, 0.3) is 6.08 Å². The van der Waals surface area contributed by atoms with E-state index in [2.05, 4.69) is 0 Å².